The Hall–Kier alpha value is -3.27. The van der Waals surface area contributed by atoms with Crippen LogP contribution in [0.25, 0.3) is 11.0 Å². The van der Waals surface area contributed by atoms with Gasteiger partial charge < -0.3 is 24.8 Å². The average molecular weight is 621 g/mol. The van der Waals surface area contributed by atoms with Crippen LogP contribution in [0.4, 0.5) is 28.8 Å². The van der Waals surface area contributed by atoms with Crippen LogP contribution in [0.2, 0.25) is 0 Å². The molecule has 3 aliphatic rings. The van der Waals surface area contributed by atoms with Crippen molar-refractivity contribution in [3.63, 3.8) is 0 Å². The number of halogens is 1. The second-order valence-electron chi connectivity index (χ2n) is 10.9. The molecule has 10 nitrogen and oxygen atoms in total. The summed E-state index contributed by atoms with van der Waals surface area (Å²) in [6, 6.07) is 11.1. The highest BCUT2D eigenvalue weighted by atomic mass is 79.9. The second-order valence-corrected chi connectivity index (χ2v) is 14.9. The minimum Gasteiger partial charge on any atom is -0.489 e. The summed E-state index contributed by atoms with van der Waals surface area (Å²) in [6.45, 7) is 7.37. The molecule has 1 unspecified atom stereocenters. The summed E-state index contributed by atoms with van der Waals surface area (Å²) in [5.74, 6) is 1.84. The summed E-state index contributed by atoms with van der Waals surface area (Å²) in [5.41, 5.74) is 3.98. The maximum atomic E-state index is 13.3. The molecule has 2 fully saturated rings. The number of nitrogens with zero attached hydrogens (tertiary/aromatic N) is 6. The number of aromatic nitrogens is 4. The van der Waals surface area contributed by atoms with Gasteiger partial charge in [-0.05, 0) is 66.4 Å². The second kappa shape index (κ2) is 9.98. The third kappa shape index (κ3) is 4.91. The van der Waals surface area contributed by atoms with Crippen LogP contribution >= 0.6 is 23.1 Å². The van der Waals surface area contributed by atoms with Crippen molar-refractivity contribution in [1.82, 2.24) is 24.8 Å². The molecule has 2 N–H and O–H groups in total. The van der Waals surface area contributed by atoms with Crippen LogP contribution in [0.3, 0.4) is 0 Å². The number of hydrogen-bond acceptors (Lipinski definition) is 10. The van der Waals surface area contributed by atoms with Crippen molar-refractivity contribution in [2.45, 2.75) is 24.9 Å². The van der Waals surface area contributed by atoms with Crippen LogP contribution in [0.1, 0.15) is 12.8 Å². The van der Waals surface area contributed by atoms with E-state index in [1.54, 1.807) is 31.9 Å². The molecule has 1 saturated heterocycles. The van der Waals surface area contributed by atoms with E-state index in [0.717, 1.165) is 42.8 Å². The summed E-state index contributed by atoms with van der Waals surface area (Å²) in [6.07, 6.45) is 7.61. The summed E-state index contributed by atoms with van der Waals surface area (Å²) in [7, 11) is -2.71. The SMILES string of the molecule is CP(C)(=O)c1c(Nc2nc(Nc3ccc4c(c3)OCC3CN(C5CC5)CCN43)ncc2Br)ccc2nccnc12. The van der Waals surface area contributed by atoms with E-state index in [2.05, 4.69) is 57.4 Å². The van der Waals surface area contributed by atoms with E-state index in [1.165, 1.54) is 12.8 Å². The Balaban J connectivity index is 1.13. The first kappa shape index (κ1) is 25.7. The van der Waals surface area contributed by atoms with Gasteiger partial charge in [-0.2, -0.15) is 4.98 Å². The third-order valence-corrected chi connectivity index (χ3v) is 9.79. The van der Waals surface area contributed by atoms with E-state index < -0.39 is 7.14 Å². The number of nitrogens with one attached hydrogen (secondary N) is 2. The van der Waals surface area contributed by atoms with Crippen molar-refractivity contribution in [1.29, 1.82) is 0 Å². The lowest BCUT2D eigenvalue weighted by Gasteiger charge is -2.45. The number of anilines is 5. The number of hydrogen-bond donors (Lipinski definition) is 2. The molecule has 0 spiro atoms. The van der Waals surface area contributed by atoms with Crippen LogP contribution in [0, 0.1) is 0 Å². The van der Waals surface area contributed by atoms with Crippen LogP contribution in [0.5, 0.6) is 5.75 Å². The molecule has 0 radical (unpaired) electrons. The molecule has 2 aromatic carbocycles. The Morgan fingerprint density at radius 2 is 1.88 bits per heavy atom. The van der Waals surface area contributed by atoms with Gasteiger partial charge in [-0.1, -0.05) is 0 Å². The predicted molar refractivity (Wildman–Crippen MR) is 163 cm³/mol. The summed E-state index contributed by atoms with van der Waals surface area (Å²) in [4.78, 5) is 23.1. The van der Waals surface area contributed by atoms with Crippen molar-refractivity contribution >= 4 is 68.2 Å². The molecule has 1 atom stereocenters. The van der Waals surface area contributed by atoms with Crippen LogP contribution in [-0.4, -0.2) is 76.5 Å². The van der Waals surface area contributed by atoms with Gasteiger partial charge in [0.15, 0.2) is 0 Å². The predicted octanol–water partition coefficient (Wildman–Crippen LogP) is 4.96. The average Bonchev–Trinajstić information content (AvgIpc) is 3.79. The van der Waals surface area contributed by atoms with E-state index in [9.17, 15) is 4.57 Å². The van der Waals surface area contributed by atoms with E-state index in [1.807, 2.05) is 24.3 Å². The molecule has 40 heavy (non-hydrogen) atoms. The van der Waals surface area contributed by atoms with Crippen LogP contribution in [-0.2, 0) is 4.57 Å². The van der Waals surface area contributed by atoms with Gasteiger partial charge in [0.05, 0.1) is 32.7 Å². The lowest BCUT2D eigenvalue weighted by molar-refractivity contribution is 0.161. The zero-order chi connectivity index (χ0) is 27.4. The van der Waals surface area contributed by atoms with Crippen LogP contribution in [0.15, 0.2) is 53.4 Å². The number of benzene rings is 2. The van der Waals surface area contributed by atoms with Gasteiger partial charge in [0.25, 0.3) is 0 Å². The maximum Gasteiger partial charge on any atom is 0.229 e. The monoisotopic (exact) mass is 620 g/mol. The highest BCUT2D eigenvalue weighted by Gasteiger charge is 2.38. The van der Waals surface area contributed by atoms with Crippen molar-refractivity contribution in [3.05, 3.63) is 53.4 Å². The molecule has 2 aliphatic heterocycles. The number of rotatable bonds is 6. The topological polar surface area (TPSA) is 108 Å². The molecule has 1 saturated carbocycles. The van der Waals surface area contributed by atoms with Gasteiger partial charge in [0, 0.05) is 56.0 Å². The van der Waals surface area contributed by atoms with Gasteiger partial charge in [-0.3, -0.25) is 14.9 Å². The van der Waals surface area contributed by atoms with Crippen molar-refractivity contribution in [3.8, 4) is 5.75 Å². The Morgan fingerprint density at radius 1 is 1.02 bits per heavy atom. The van der Waals surface area contributed by atoms with Crippen molar-refractivity contribution in [2.75, 3.05) is 55.1 Å². The van der Waals surface area contributed by atoms with E-state index in [-0.39, 0.29) is 0 Å². The molecule has 12 heteroatoms. The van der Waals surface area contributed by atoms with Gasteiger partial charge in [0.2, 0.25) is 5.95 Å². The number of piperazine rings is 1. The van der Waals surface area contributed by atoms with Crippen molar-refractivity contribution in [2.24, 2.45) is 0 Å². The van der Waals surface area contributed by atoms with E-state index >= 15 is 0 Å². The molecule has 1 aliphatic carbocycles. The summed E-state index contributed by atoms with van der Waals surface area (Å²) in [5, 5.41) is 7.31. The number of ether oxygens (including phenoxy) is 1. The minimum absolute atomic E-state index is 0.400. The Morgan fingerprint density at radius 3 is 2.70 bits per heavy atom. The smallest absolute Gasteiger partial charge is 0.229 e. The Bertz CT molecular complexity index is 1660. The van der Waals surface area contributed by atoms with Gasteiger partial charge in [-0.25, -0.2) is 4.98 Å². The highest BCUT2D eigenvalue weighted by Crippen LogP contribution is 2.42. The molecular formula is C28H30BrN8O2P. The van der Waals surface area contributed by atoms with Crippen molar-refractivity contribution < 1.29 is 9.30 Å². The normalized spacial score (nSPS) is 19.1. The largest absolute Gasteiger partial charge is 0.489 e. The molecule has 7 rings (SSSR count). The lowest BCUT2D eigenvalue weighted by atomic mass is 10.1. The molecule has 4 heterocycles. The maximum absolute atomic E-state index is 13.3. The first-order valence-corrected chi connectivity index (χ1v) is 16.9. The summed E-state index contributed by atoms with van der Waals surface area (Å²) >= 11 is 3.56. The Labute approximate surface area is 241 Å². The quantitative estimate of drug-likeness (QED) is 0.287. The fourth-order valence-corrected chi connectivity index (χ4v) is 7.36. The molecule has 2 aromatic heterocycles. The number of fused-ring (bicyclic) bond motifs is 4. The highest BCUT2D eigenvalue weighted by molar-refractivity contribution is 9.10. The first-order chi connectivity index (χ1) is 19.3. The fourth-order valence-electron chi connectivity index (χ4n) is 5.68. The van der Waals surface area contributed by atoms with Gasteiger partial charge in [0.1, 0.15) is 30.8 Å². The lowest BCUT2D eigenvalue weighted by Crippen LogP contribution is -2.57. The van der Waals surface area contributed by atoms with Gasteiger partial charge in [-0.15, -0.1) is 0 Å². The van der Waals surface area contributed by atoms with E-state index in [0.29, 0.717) is 50.9 Å². The zero-order valence-corrected chi connectivity index (χ0v) is 24.8. The molecule has 4 aromatic rings. The Kier molecular flexibility index (Phi) is 6.40. The summed E-state index contributed by atoms with van der Waals surface area (Å²) < 4.78 is 20.2. The fraction of sp³-hybridized carbons (Fsp3) is 0.357. The first-order valence-electron chi connectivity index (χ1n) is 13.5. The molecule has 206 valence electrons. The zero-order valence-electron chi connectivity index (χ0n) is 22.3. The minimum atomic E-state index is -2.71. The molecular weight excluding hydrogens is 591 g/mol. The van der Waals surface area contributed by atoms with Crippen LogP contribution < -0.4 is 25.6 Å². The standard InChI is InChI=1S/C28H30BrN8O2P/c1-40(2,38)26-22(7-6-21-25(26)31-10-9-30-21)34-27-20(29)14-32-28(35-27)33-17-3-8-23-24(13-17)39-16-19-15-36(18-4-5-18)11-12-37(19)23/h3,6-10,13-14,18-19H,4-5,11-12,15-16H2,1-2H3,(H2,32,33,34,35). The van der Waals surface area contributed by atoms with Gasteiger partial charge >= 0.3 is 0 Å². The molecule has 0 amide bonds. The van der Waals surface area contributed by atoms with E-state index in [4.69, 9.17) is 9.72 Å². The molecule has 0 bridgehead atoms. The third-order valence-electron chi connectivity index (χ3n) is 7.68.